The van der Waals surface area contributed by atoms with Crippen molar-refractivity contribution in [1.29, 1.82) is 0 Å². The fraction of sp³-hybridized carbons (Fsp3) is 0.200. The third kappa shape index (κ3) is 6.37. The van der Waals surface area contributed by atoms with Crippen LogP contribution in [0.3, 0.4) is 0 Å². The number of nitrogens with zero attached hydrogens (tertiary/aromatic N) is 1. The number of hydrogen-bond acceptors (Lipinski definition) is 5. The van der Waals surface area contributed by atoms with Crippen LogP contribution in [-0.2, 0) is 27.7 Å². The molecule has 0 bridgehead atoms. The molecule has 0 unspecified atom stereocenters. The number of carbonyl (C=O) groups is 1. The minimum atomic E-state index is -3.83. The lowest BCUT2D eigenvalue weighted by Gasteiger charge is -2.05. The molecule has 152 valence electrons. The van der Waals surface area contributed by atoms with Crippen LogP contribution in [0.25, 0.3) is 0 Å². The molecule has 0 aliphatic heterocycles. The topological polar surface area (TPSA) is 88.2 Å². The summed E-state index contributed by atoms with van der Waals surface area (Å²) in [5, 5.41) is 4.78. The van der Waals surface area contributed by atoms with Gasteiger partial charge in [-0.15, -0.1) is 11.3 Å². The maximum atomic E-state index is 13.0. The van der Waals surface area contributed by atoms with E-state index in [0.717, 1.165) is 35.5 Å². The van der Waals surface area contributed by atoms with E-state index >= 15 is 0 Å². The van der Waals surface area contributed by atoms with E-state index in [2.05, 4.69) is 15.0 Å². The monoisotopic (exact) mass is 433 g/mol. The van der Waals surface area contributed by atoms with Gasteiger partial charge in [0.05, 0.1) is 10.6 Å². The number of sulfonamides is 1. The largest absolute Gasteiger partial charge is 0.356 e. The molecule has 0 atom stereocenters. The number of rotatable bonds is 9. The first-order valence-electron chi connectivity index (χ1n) is 8.96. The van der Waals surface area contributed by atoms with Gasteiger partial charge in [0.15, 0.2) is 5.13 Å². The van der Waals surface area contributed by atoms with Crippen molar-refractivity contribution < 1.29 is 17.6 Å². The first-order valence-corrected chi connectivity index (χ1v) is 11.3. The number of thiazole rings is 1. The smallest absolute Gasteiger partial charge is 0.263 e. The van der Waals surface area contributed by atoms with E-state index < -0.39 is 15.8 Å². The lowest BCUT2D eigenvalue weighted by atomic mass is 10.1. The summed E-state index contributed by atoms with van der Waals surface area (Å²) in [7, 11) is -3.83. The molecule has 1 aromatic heterocycles. The van der Waals surface area contributed by atoms with E-state index in [1.54, 1.807) is 5.38 Å². The van der Waals surface area contributed by atoms with Crippen LogP contribution in [0.1, 0.15) is 17.7 Å². The molecule has 0 fully saturated rings. The normalized spacial score (nSPS) is 11.2. The summed E-state index contributed by atoms with van der Waals surface area (Å²) in [6.07, 6.45) is 1.44. The maximum Gasteiger partial charge on any atom is 0.263 e. The van der Waals surface area contributed by atoms with E-state index in [4.69, 9.17) is 0 Å². The zero-order valence-electron chi connectivity index (χ0n) is 15.5. The molecule has 0 radical (unpaired) electrons. The predicted molar refractivity (Wildman–Crippen MR) is 111 cm³/mol. The van der Waals surface area contributed by atoms with Gasteiger partial charge in [-0.25, -0.2) is 17.8 Å². The molecular formula is C20H20FN3O3S2. The SMILES string of the molecule is O=C(CCc1csc(NS(=O)(=O)c2ccc(F)cc2)n1)NCCc1ccccc1. The van der Waals surface area contributed by atoms with Gasteiger partial charge in [-0.2, -0.15) is 0 Å². The molecule has 0 aliphatic carbocycles. The van der Waals surface area contributed by atoms with Crippen LogP contribution in [-0.4, -0.2) is 25.9 Å². The Morgan fingerprint density at radius 2 is 1.76 bits per heavy atom. The molecule has 6 nitrogen and oxygen atoms in total. The van der Waals surface area contributed by atoms with E-state index in [1.165, 1.54) is 12.1 Å². The summed E-state index contributed by atoms with van der Waals surface area (Å²) in [4.78, 5) is 16.1. The highest BCUT2D eigenvalue weighted by molar-refractivity contribution is 7.93. The first kappa shape index (κ1) is 20.9. The highest BCUT2D eigenvalue weighted by Gasteiger charge is 2.16. The van der Waals surface area contributed by atoms with Crippen LogP contribution in [0, 0.1) is 5.82 Å². The van der Waals surface area contributed by atoms with Crippen LogP contribution in [0.5, 0.6) is 0 Å². The lowest BCUT2D eigenvalue weighted by Crippen LogP contribution is -2.25. The van der Waals surface area contributed by atoms with Gasteiger partial charge in [-0.1, -0.05) is 30.3 Å². The number of hydrogen-bond donors (Lipinski definition) is 2. The Balaban J connectivity index is 1.46. The van der Waals surface area contributed by atoms with E-state index in [9.17, 15) is 17.6 Å². The zero-order chi connectivity index (χ0) is 20.7. The Bertz CT molecular complexity index is 1050. The minimum Gasteiger partial charge on any atom is -0.356 e. The quantitative estimate of drug-likeness (QED) is 0.542. The average molecular weight is 434 g/mol. The Hall–Kier alpha value is -2.78. The van der Waals surface area contributed by atoms with Crippen molar-refractivity contribution >= 4 is 32.4 Å². The maximum absolute atomic E-state index is 13.0. The molecule has 0 spiro atoms. The highest BCUT2D eigenvalue weighted by atomic mass is 32.2. The molecule has 0 aliphatic rings. The minimum absolute atomic E-state index is 0.0477. The van der Waals surface area contributed by atoms with Crippen LogP contribution >= 0.6 is 11.3 Å². The summed E-state index contributed by atoms with van der Waals surface area (Å²) < 4.78 is 39.9. The number of carbonyl (C=O) groups excluding carboxylic acids is 1. The molecule has 1 heterocycles. The predicted octanol–water partition coefficient (Wildman–Crippen LogP) is 3.37. The van der Waals surface area contributed by atoms with Gasteiger partial charge in [0.25, 0.3) is 10.0 Å². The van der Waals surface area contributed by atoms with E-state index in [1.807, 2.05) is 30.3 Å². The Labute approximate surface area is 172 Å². The summed E-state index contributed by atoms with van der Waals surface area (Å²) in [6.45, 7) is 0.558. The summed E-state index contributed by atoms with van der Waals surface area (Å²) in [5.74, 6) is -0.593. The molecule has 1 amide bonds. The number of benzene rings is 2. The van der Waals surface area contributed by atoms with Crippen molar-refractivity contribution in [1.82, 2.24) is 10.3 Å². The van der Waals surface area contributed by atoms with Crippen molar-refractivity contribution in [2.75, 3.05) is 11.3 Å². The number of aryl methyl sites for hydroxylation is 1. The average Bonchev–Trinajstić information content (AvgIpc) is 3.14. The molecule has 9 heteroatoms. The second-order valence-corrected chi connectivity index (χ2v) is 8.83. The van der Waals surface area contributed by atoms with Gasteiger partial charge < -0.3 is 5.32 Å². The number of aromatic nitrogens is 1. The summed E-state index contributed by atoms with van der Waals surface area (Å²) in [6, 6.07) is 14.4. The fourth-order valence-electron chi connectivity index (χ4n) is 2.58. The number of nitrogens with one attached hydrogen (secondary N) is 2. The van der Waals surface area contributed by atoms with Crippen LogP contribution < -0.4 is 10.0 Å². The standard InChI is InChI=1S/C20H20FN3O3S2/c21-16-6-9-18(10-7-16)29(26,27)24-20-23-17(14-28-20)8-11-19(25)22-13-12-15-4-2-1-3-5-15/h1-7,9-10,14H,8,11-13H2,(H,22,25)(H,23,24). The van der Waals surface area contributed by atoms with Crippen LogP contribution in [0.2, 0.25) is 0 Å². The van der Waals surface area contributed by atoms with Crippen molar-refractivity contribution in [3.8, 4) is 0 Å². The first-order chi connectivity index (χ1) is 13.9. The van der Waals surface area contributed by atoms with Crippen molar-refractivity contribution in [3.05, 3.63) is 77.1 Å². The Kier molecular flexibility index (Phi) is 6.95. The van der Waals surface area contributed by atoms with Gasteiger partial charge in [0.2, 0.25) is 5.91 Å². The Morgan fingerprint density at radius 3 is 2.48 bits per heavy atom. The molecule has 3 rings (SSSR count). The second-order valence-electron chi connectivity index (χ2n) is 6.29. The van der Waals surface area contributed by atoms with Gasteiger partial charge in [-0.3, -0.25) is 9.52 Å². The van der Waals surface area contributed by atoms with Gasteiger partial charge in [-0.05, 0) is 42.7 Å². The third-order valence-electron chi connectivity index (χ3n) is 4.08. The number of anilines is 1. The molecule has 2 N–H and O–H groups in total. The molecule has 0 saturated heterocycles. The van der Waals surface area contributed by atoms with Gasteiger partial charge in [0.1, 0.15) is 5.82 Å². The van der Waals surface area contributed by atoms with E-state index in [-0.39, 0.29) is 22.4 Å². The van der Waals surface area contributed by atoms with Crippen molar-refractivity contribution in [2.24, 2.45) is 0 Å². The number of amides is 1. The zero-order valence-corrected chi connectivity index (χ0v) is 17.1. The van der Waals surface area contributed by atoms with Crippen molar-refractivity contribution in [3.63, 3.8) is 0 Å². The van der Waals surface area contributed by atoms with Crippen molar-refractivity contribution in [2.45, 2.75) is 24.2 Å². The van der Waals surface area contributed by atoms with Gasteiger partial charge >= 0.3 is 0 Å². The van der Waals surface area contributed by atoms with E-state index in [0.29, 0.717) is 18.7 Å². The summed E-state index contributed by atoms with van der Waals surface area (Å²) in [5.41, 5.74) is 1.79. The lowest BCUT2D eigenvalue weighted by molar-refractivity contribution is -0.121. The highest BCUT2D eigenvalue weighted by Crippen LogP contribution is 2.21. The molecule has 2 aromatic carbocycles. The number of halogens is 1. The van der Waals surface area contributed by atoms with Crippen LogP contribution in [0.4, 0.5) is 9.52 Å². The molecule has 0 saturated carbocycles. The summed E-state index contributed by atoms with van der Waals surface area (Å²) >= 11 is 1.13. The third-order valence-corrected chi connectivity index (χ3v) is 6.37. The van der Waals surface area contributed by atoms with Gasteiger partial charge in [0, 0.05) is 18.3 Å². The Morgan fingerprint density at radius 1 is 1.03 bits per heavy atom. The second kappa shape index (κ2) is 9.62. The molecular weight excluding hydrogens is 413 g/mol. The fourth-order valence-corrected chi connectivity index (χ4v) is 4.57. The molecule has 29 heavy (non-hydrogen) atoms. The molecule has 3 aromatic rings. The van der Waals surface area contributed by atoms with Crippen LogP contribution in [0.15, 0.2) is 64.9 Å².